The van der Waals surface area contributed by atoms with Gasteiger partial charge in [0.05, 0.1) is 11.3 Å². The smallest absolute Gasteiger partial charge is 0.101 e. The molecule has 1 rings (SSSR count). The van der Waals surface area contributed by atoms with E-state index in [2.05, 4.69) is 46.8 Å². The molecule has 0 saturated carbocycles. The number of benzene rings is 1. The van der Waals surface area contributed by atoms with E-state index in [0.29, 0.717) is 0 Å². The van der Waals surface area contributed by atoms with Gasteiger partial charge < -0.3 is 4.90 Å². The Morgan fingerprint density at radius 2 is 1.78 bits per heavy atom. The molecule has 0 unspecified atom stereocenters. The van der Waals surface area contributed by atoms with E-state index in [1.807, 2.05) is 12.1 Å². The average molecular weight is 309 g/mol. The van der Waals surface area contributed by atoms with E-state index in [-0.39, 0.29) is 0 Å². The molecule has 98 valence electrons. The lowest BCUT2D eigenvalue weighted by molar-refractivity contribution is 0.677. The van der Waals surface area contributed by atoms with Gasteiger partial charge in [0.25, 0.3) is 0 Å². The van der Waals surface area contributed by atoms with Crippen LogP contribution >= 0.6 is 15.9 Å². The lowest BCUT2D eigenvalue weighted by atomic mass is 10.1. The number of unbranched alkanes of at least 4 members (excludes halogenated alkanes) is 2. The molecule has 0 radical (unpaired) electrons. The summed E-state index contributed by atoms with van der Waals surface area (Å²) in [6.07, 6.45) is 4.69. The van der Waals surface area contributed by atoms with E-state index in [4.69, 9.17) is 0 Å². The molecule has 0 amide bonds. The monoisotopic (exact) mass is 308 g/mol. The molecular formula is C15H21BrN2. The van der Waals surface area contributed by atoms with Crippen LogP contribution in [0.5, 0.6) is 0 Å². The van der Waals surface area contributed by atoms with Crippen molar-refractivity contribution in [2.24, 2.45) is 0 Å². The summed E-state index contributed by atoms with van der Waals surface area (Å²) in [4.78, 5) is 2.34. The van der Waals surface area contributed by atoms with Crippen LogP contribution in [0.1, 0.15) is 45.1 Å². The van der Waals surface area contributed by atoms with Gasteiger partial charge in [-0.15, -0.1) is 0 Å². The highest BCUT2D eigenvalue weighted by atomic mass is 79.9. The Kier molecular flexibility index (Phi) is 6.82. The van der Waals surface area contributed by atoms with Gasteiger partial charge in [0.15, 0.2) is 0 Å². The van der Waals surface area contributed by atoms with Crippen LogP contribution in [0.4, 0.5) is 5.69 Å². The maximum atomic E-state index is 9.22. The molecule has 0 aliphatic heterocycles. The van der Waals surface area contributed by atoms with Gasteiger partial charge in [-0.05, 0) is 31.0 Å². The number of anilines is 1. The van der Waals surface area contributed by atoms with Crippen molar-refractivity contribution < 1.29 is 0 Å². The van der Waals surface area contributed by atoms with Crippen molar-refractivity contribution >= 4 is 21.6 Å². The molecule has 3 heteroatoms. The highest BCUT2D eigenvalue weighted by molar-refractivity contribution is 9.10. The van der Waals surface area contributed by atoms with E-state index in [1.54, 1.807) is 0 Å². The minimum Gasteiger partial charge on any atom is -0.370 e. The Morgan fingerprint density at radius 1 is 1.17 bits per heavy atom. The Labute approximate surface area is 119 Å². The zero-order chi connectivity index (χ0) is 13.4. The summed E-state index contributed by atoms with van der Waals surface area (Å²) in [6, 6.07) is 8.18. The fraction of sp³-hybridized carbons (Fsp3) is 0.533. The first-order valence-corrected chi connectivity index (χ1v) is 7.46. The lowest BCUT2D eigenvalue weighted by Gasteiger charge is -2.25. The average Bonchev–Trinajstić information content (AvgIpc) is 2.39. The number of nitriles is 1. The zero-order valence-corrected chi connectivity index (χ0v) is 12.8. The number of hydrogen-bond acceptors (Lipinski definition) is 2. The van der Waals surface area contributed by atoms with Crippen LogP contribution in [0.3, 0.4) is 0 Å². The summed E-state index contributed by atoms with van der Waals surface area (Å²) in [6.45, 7) is 6.46. The normalized spacial score (nSPS) is 10.1. The zero-order valence-electron chi connectivity index (χ0n) is 11.2. The molecule has 0 fully saturated rings. The molecule has 1 aromatic rings. The molecule has 0 aliphatic carbocycles. The Hall–Kier alpha value is -1.01. The standard InChI is InChI=1S/C15H21BrN2/c1-3-5-9-18(10-6-4-2)15-11-14(16)8-7-13(15)12-17/h7-8,11H,3-6,9-10H2,1-2H3. The van der Waals surface area contributed by atoms with Gasteiger partial charge in [-0.2, -0.15) is 5.26 Å². The van der Waals surface area contributed by atoms with E-state index in [9.17, 15) is 5.26 Å². The van der Waals surface area contributed by atoms with Crippen molar-refractivity contribution in [3.63, 3.8) is 0 Å². The molecule has 0 spiro atoms. The molecule has 0 atom stereocenters. The molecule has 0 aliphatic rings. The SMILES string of the molecule is CCCCN(CCCC)c1cc(Br)ccc1C#N. The molecule has 18 heavy (non-hydrogen) atoms. The molecule has 1 aromatic carbocycles. The van der Waals surface area contributed by atoms with Gasteiger partial charge in [-0.1, -0.05) is 42.6 Å². The predicted octanol–water partition coefficient (Wildman–Crippen LogP) is 4.73. The van der Waals surface area contributed by atoms with Gasteiger partial charge in [-0.3, -0.25) is 0 Å². The van der Waals surface area contributed by atoms with Gasteiger partial charge >= 0.3 is 0 Å². The molecule has 0 heterocycles. The third kappa shape index (κ3) is 4.34. The van der Waals surface area contributed by atoms with Gasteiger partial charge in [0.2, 0.25) is 0 Å². The van der Waals surface area contributed by atoms with Crippen LogP contribution < -0.4 is 4.90 Å². The minimum atomic E-state index is 0.769. The highest BCUT2D eigenvalue weighted by Crippen LogP contribution is 2.25. The van der Waals surface area contributed by atoms with E-state index >= 15 is 0 Å². The summed E-state index contributed by atoms with van der Waals surface area (Å²) < 4.78 is 1.04. The second kappa shape index (κ2) is 8.16. The molecule has 2 nitrogen and oxygen atoms in total. The molecule has 0 saturated heterocycles. The second-order valence-electron chi connectivity index (χ2n) is 4.47. The van der Waals surface area contributed by atoms with E-state index in [1.165, 1.54) is 25.7 Å². The number of hydrogen-bond donors (Lipinski definition) is 0. The molecule has 0 bridgehead atoms. The van der Waals surface area contributed by atoms with Gasteiger partial charge in [0, 0.05) is 17.6 Å². The van der Waals surface area contributed by atoms with Crippen LogP contribution in [-0.2, 0) is 0 Å². The quantitative estimate of drug-likeness (QED) is 0.728. The van der Waals surface area contributed by atoms with E-state index in [0.717, 1.165) is 28.8 Å². The summed E-state index contributed by atoms with van der Waals surface area (Å²) >= 11 is 3.49. The summed E-state index contributed by atoms with van der Waals surface area (Å²) in [5.74, 6) is 0. The predicted molar refractivity (Wildman–Crippen MR) is 80.9 cm³/mol. The minimum absolute atomic E-state index is 0.769. The largest absolute Gasteiger partial charge is 0.370 e. The summed E-state index contributed by atoms with van der Waals surface area (Å²) in [7, 11) is 0. The van der Waals surface area contributed by atoms with Crippen molar-refractivity contribution in [1.82, 2.24) is 0 Å². The third-order valence-electron chi connectivity index (χ3n) is 2.98. The highest BCUT2D eigenvalue weighted by Gasteiger charge is 2.11. The third-order valence-corrected chi connectivity index (χ3v) is 3.48. The second-order valence-corrected chi connectivity index (χ2v) is 5.38. The topological polar surface area (TPSA) is 27.0 Å². The molecular weight excluding hydrogens is 288 g/mol. The van der Waals surface area contributed by atoms with Crippen molar-refractivity contribution in [3.05, 3.63) is 28.2 Å². The number of nitrogens with zero attached hydrogens (tertiary/aromatic N) is 2. The molecule has 0 N–H and O–H groups in total. The van der Waals surface area contributed by atoms with E-state index < -0.39 is 0 Å². The Bertz CT molecular complexity index is 401. The van der Waals surface area contributed by atoms with Crippen molar-refractivity contribution in [2.45, 2.75) is 39.5 Å². The lowest BCUT2D eigenvalue weighted by Crippen LogP contribution is -2.26. The van der Waals surface area contributed by atoms with Crippen LogP contribution in [-0.4, -0.2) is 13.1 Å². The Balaban J connectivity index is 2.95. The van der Waals surface area contributed by atoms with Crippen molar-refractivity contribution in [1.29, 1.82) is 5.26 Å². The maximum Gasteiger partial charge on any atom is 0.101 e. The first-order chi connectivity index (χ1) is 8.72. The number of halogens is 1. The fourth-order valence-corrected chi connectivity index (χ4v) is 2.26. The fourth-order valence-electron chi connectivity index (χ4n) is 1.91. The summed E-state index contributed by atoms with van der Waals surface area (Å²) in [5.41, 5.74) is 1.83. The van der Waals surface area contributed by atoms with Crippen LogP contribution in [0, 0.1) is 11.3 Å². The first kappa shape index (κ1) is 15.0. The summed E-state index contributed by atoms with van der Waals surface area (Å²) in [5, 5.41) is 9.22. The van der Waals surface area contributed by atoms with Gasteiger partial charge in [0.1, 0.15) is 6.07 Å². The van der Waals surface area contributed by atoms with Crippen molar-refractivity contribution in [2.75, 3.05) is 18.0 Å². The van der Waals surface area contributed by atoms with Crippen molar-refractivity contribution in [3.8, 4) is 6.07 Å². The van der Waals surface area contributed by atoms with Gasteiger partial charge in [-0.25, -0.2) is 0 Å². The maximum absolute atomic E-state index is 9.22. The molecule has 0 aromatic heterocycles. The van der Waals surface area contributed by atoms with Crippen LogP contribution in [0.2, 0.25) is 0 Å². The van der Waals surface area contributed by atoms with Crippen LogP contribution in [0.25, 0.3) is 0 Å². The van der Waals surface area contributed by atoms with Crippen LogP contribution in [0.15, 0.2) is 22.7 Å². The first-order valence-electron chi connectivity index (χ1n) is 6.67. The Morgan fingerprint density at radius 3 is 2.28 bits per heavy atom. The number of rotatable bonds is 7.